The lowest BCUT2D eigenvalue weighted by atomic mass is 10.0. The summed E-state index contributed by atoms with van der Waals surface area (Å²) in [6.07, 6.45) is 4.76. The van der Waals surface area contributed by atoms with Gasteiger partial charge in [0, 0.05) is 31.8 Å². The van der Waals surface area contributed by atoms with Crippen molar-refractivity contribution in [2.75, 3.05) is 31.6 Å². The summed E-state index contributed by atoms with van der Waals surface area (Å²) >= 11 is 0. The maximum atomic E-state index is 11.9. The molecule has 0 bridgehead atoms. The maximum Gasteiger partial charge on any atom is 0.223 e. The number of carbonyl (C=O) groups excluding carboxylic acids is 1. The molecule has 1 aliphatic heterocycles. The quantitative estimate of drug-likeness (QED) is 0.763. The first-order valence-electron chi connectivity index (χ1n) is 6.61. The molecule has 6 heteroatoms. The minimum atomic E-state index is -3.06. The average molecular weight is 276 g/mol. The van der Waals surface area contributed by atoms with Gasteiger partial charge < -0.3 is 10.2 Å². The molecule has 0 radical (unpaired) electrons. The van der Waals surface area contributed by atoms with E-state index in [0.717, 1.165) is 13.0 Å². The number of piperidine rings is 1. The second-order valence-electron chi connectivity index (χ2n) is 4.96. The highest BCUT2D eigenvalue weighted by molar-refractivity contribution is 7.90. The topological polar surface area (TPSA) is 66.5 Å². The Hall–Kier alpha value is -0.620. The third-order valence-corrected chi connectivity index (χ3v) is 4.22. The largest absolute Gasteiger partial charge is 0.341 e. The Morgan fingerprint density at radius 2 is 2.11 bits per heavy atom. The number of carbonyl (C=O) groups is 1. The van der Waals surface area contributed by atoms with Gasteiger partial charge in [0.25, 0.3) is 0 Å². The molecule has 0 aromatic rings. The number of amides is 1. The summed E-state index contributed by atoms with van der Waals surface area (Å²) < 4.78 is 22.1. The lowest BCUT2D eigenvalue weighted by Gasteiger charge is -2.30. The van der Waals surface area contributed by atoms with Gasteiger partial charge in [0.05, 0.1) is 5.75 Å². The Morgan fingerprint density at radius 3 is 2.61 bits per heavy atom. The van der Waals surface area contributed by atoms with Gasteiger partial charge in [-0.15, -0.1) is 0 Å². The summed E-state index contributed by atoms with van der Waals surface area (Å²) in [6.45, 7) is 4.28. The highest BCUT2D eigenvalue weighted by atomic mass is 32.2. The predicted molar refractivity (Wildman–Crippen MR) is 72.2 cm³/mol. The summed E-state index contributed by atoms with van der Waals surface area (Å²) in [7, 11) is -3.06. The van der Waals surface area contributed by atoms with Gasteiger partial charge in [0.15, 0.2) is 0 Å². The van der Waals surface area contributed by atoms with Crippen LogP contribution in [0.25, 0.3) is 0 Å². The van der Waals surface area contributed by atoms with E-state index in [0.29, 0.717) is 19.1 Å². The van der Waals surface area contributed by atoms with E-state index in [9.17, 15) is 13.2 Å². The van der Waals surface area contributed by atoms with E-state index in [1.165, 1.54) is 19.1 Å². The molecule has 1 fully saturated rings. The lowest BCUT2D eigenvalue weighted by Crippen LogP contribution is -2.46. The van der Waals surface area contributed by atoms with E-state index in [1.54, 1.807) is 4.90 Å². The third-order valence-electron chi connectivity index (χ3n) is 3.27. The molecule has 0 saturated carbocycles. The first-order valence-corrected chi connectivity index (χ1v) is 8.67. The van der Waals surface area contributed by atoms with Crippen molar-refractivity contribution in [3.63, 3.8) is 0 Å². The SMILES string of the molecule is CCN(CC1CCCCN1)C(=O)CCS(C)(=O)=O. The van der Waals surface area contributed by atoms with Crippen LogP contribution in [-0.2, 0) is 14.6 Å². The van der Waals surface area contributed by atoms with Crippen LogP contribution >= 0.6 is 0 Å². The van der Waals surface area contributed by atoms with Crippen LogP contribution in [0, 0.1) is 0 Å². The molecule has 1 aliphatic rings. The van der Waals surface area contributed by atoms with Crippen molar-refractivity contribution in [1.82, 2.24) is 10.2 Å². The van der Waals surface area contributed by atoms with E-state index in [1.807, 2.05) is 6.92 Å². The number of sulfone groups is 1. The minimum absolute atomic E-state index is 0.0551. The second-order valence-corrected chi connectivity index (χ2v) is 7.22. The van der Waals surface area contributed by atoms with Gasteiger partial charge in [0.1, 0.15) is 9.84 Å². The Morgan fingerprint density at radius 1 is 1.39 bits per heavy atom. The van der Waals surface area contributed by atoms with Gasteiger partial charge in [-0.25, -0.2) is 8.42 Å². The van der Waals surface area contributed by atoms with Gasteiger partial charge >= 0.3 is 0 Å². The first-order chi connectivity index (χ1) is 8.42. The fourth-order valence-corrected chi connectivity index (χ4v) is 2.73. The number of rotatable bonds is 6. The molecule has 1 saturated heterocycles. The van der Waals surface area contributed by atoms with Gasteiger partial charge in [-0.3, -0.25) is 4.79 Å². The van der Waals surface area contributed by atoms with Gasteiger partial charge in [-0.2, -0.15) is 0 Å². The summed E-state index contributed by atoms with van der Waals surface area (Å²) in [5.41, 5.74) is 0. The summed E-state index contributed by atoms with van der Waals surface area (Å²) in [4.78, 5) is 13.7. The van der Waals surface area contributed by atoms with Crippen LogP contribution in [0.1, 0.15) is 32.6 Å². The van der Waals surface area contributed by atoms with Crippen molar-refractivity contribution in [1.29, 1.82) is 0 Å². The molecule has 1 amide bonds. The second kappa shape index (κ2) is 7.09. The van der Waals surface area contributed by atoms with E-state index >= 15 is 0 Å². The molecule has 0 spiro atoms. The Balaban J connectivity index is 2.41. The fourth-order valence-electron chi connectivity index (χ4n) is 2.18. The van der Waals surface area contributed by atoms with Crippen molar-refractivity contribution >= 4 is 15.7 Å². The summed E-state index contributed by atoms with van der Waals surface area (Å²) in [5, 5.41) is 3.40. The number of hydrogen-bond acceptors (Lipinski definition) is 4. The zero-order valence-corrected chi connectivity index (χ0v) is 12.1. The molecule has 0 aromatic heterocycles. The van der Waals surface area contributed by atoms with Crippen molar-refractivity contribution in [2.45, 2.75) is 38.6 Å². The number of nitrogens with one attached hydrogen (secondary N) is 1. The molecule has 1 rings (SSSR count). The lowest BCUT2D eigenvalue weighted by molar-refractivity contribution is -0.131. The van der Waals surface area contributed by atoms with Crippen LogP contribution < -0.4 is 5.32 Å². The molecule has 1 unspecified atom stereocenters. The first kappa shape index (κ1) is 15.4. The van der Waals surface area contributed by atoms with Crippen LogP contribution in [0.4, 0.5) is 0 Å². The zero-order chi connectivity index (χ0) is 13.6. The Bertz CT molecular complexity index is 362. The minimum Gasteiger partial charge on any atom is -0.341 e. The fraction of sp³-hybridized carbons (Fsp3) is 0.917. The van der Waals surface area contributed by atoms with E-state index in [4.69, 9.17) is 0 Å². The van der Waals surface area contributed by atoms with Crippen molar-refractivity contribution in [3.8, 4) is 0 Å². The number of likely N-dealkylation sites (N-methyl/N-ethyl adjacent to an activating group) is 1. The monoisotopic (exact) mass is 276 g/mol. The zero-order valence-electron chi connectivity index (χ0n) is 11.3. The Kier molecular flexibility index (Phi) is 6.08. The molecular formula is C12H24N2O3S. The molecule has 1 N–H and O–H groups in total. The molecule has 0 aliphatic carbocycles. The molecule has 1 heterocycles. The van der Waals surface area contributed by atoms with Crippen LogP contribution in [0.5, 0.6) is 0 Å². The Labute approximate surface area is 110 Å². The van der Waals surface area contributed by atoms with Crippen molar-refractivity contribution in [2.24, 2.45) is 0 Å². The van der Waals surface area contributed by atoms with Gasteiger partial charge in [-0.1, -0.05) is 6.42 Å². The standard InChI is InChI=1S/C12H24N2O3S/c1-3-14(10-11-6-4-5-8-13-11)12(15)7-9-18(2,16)17/h11,13H,3-10H2,1-2H3. The van der Waals surface area contributed by atoms with E-state index < -0.39 is 9.84 Å². The average Bonchev–Trinajstić information content (AvgIpc) is 2.33. The molecule has 106 valence electrons. The molecule has 0 aromatic carbocycles. The van der Waals surface area contributed by atoms with Gasteiger partial charge in [0.2, 0.25) is 5.91 Å². The smallest absolute Gasteiger partial charge is 0.223 e. The normalized spacial score (nSPS) is 20.7. The molecule has 18 heavy (non-hydrogen) atoms. The van der Waals surface area contributed by atoms with Crippen LogP contribution in [0.15, 0.2) is 0 Å². The molecule has 1 atom stereocenters. The van der Waals surface area contributed by atoms with Crippen LogP contribution in [-0.4, -0.2) is 56.9 Å². The highest BCUT2D eigenvalue weighted by Gasteiger charge is 2.20. The molecule has 5 nitrogen and oxygen atoms in total. The van der Waals surface area contributed by atoms with Crippen molar-refractivity contribution in [3.05, 3.63) is 0 Å². The van der Waals surface area contributed by atoms with E-state index in [-0.39, 0.29) is 18.1 Å². The summed E-state index contributed by atoms with van der Waals surface area (Å²) in [5.74, 6) is -0.115. The van der Waals surface area contributed by atoms with E-state index in [2.05, 4.69) is 5.32 Å². The van der Waals surface area contributed by atoms with Crippen LogP contribution in [0.2, 0.25) is 0 Å². The third kappa shape index (κ3) is 5.82. The van der Waals surface area contributed by atoms with Gasteiger partial charge in [-0.05, 0) is 26.3 Å². The van der Waals surface area contributed by atoms with Crippen molar-refractivity contribution < 1.29 is 13.2 Å². The van der Waals surface area contributed by atoms with Crippen LogP contribution in [0.3, 0.4) is 0 Å². The maximum absolute atomic E-state index is 11.9. The highest BCUT2D eigenvalue weighted by Crippen LogP contribution is 2.09. The summed E-state index contributed by atoms with van der Waals surface area (Å²) in [6, 6.07) is 0.362. The number of nitrogens with zero attached hydrogens (tertiary/aromatic N) is 1. The predicted octanol–water partition coefficient (Wildman–Crippen LogP) is 0.412. The molecular weight excluding hydrogens is 252 g/mol. The number of hydrogen-bond donors (Lipinski definition) is 1.